The number of nitrogens with zero attached hydrogens (tertiary/aromatic N) is 2. The van der Waals surface area contributed by atoms with Gasteiger partial charge in [0.15, 0.2) is 7.85 Å². The van der Waals surface area contributed by atoms with Crippen LogP contribution in [0.5, 0.6) is 5.88 Å². The predicted octanol–water partition coefficient (Wildman–Crippen LogP) is -1.72. The van der Waals surface area contributed by atoms with Crippen molar-refractivity contribution in [3.05, 3.63) is 16.4 Å². The first-order valence-electron chi connectivity index (χ1n) is 2.64. The van der Waals surface area contributed by atoms with Crippen molar-refractivity contribution in [2.75, 3.05) is 0 Å². The summed E-state index contributed by atoms with van der Waals surface area (Å²) in [5.41, 5.74) is -0.366. The quantitative estimate of drug-likeness (QED) is 0.431. The van der Waals surface area contributed by atoms with Crippen LogP contribution in [0, 0.1) is 0 Å². The summed E-state index contributed by atoms with van der Waals surface area (Å²) < 4.78 is 1.14. The van der Waals surface area contributed by atoms with Crippen LogP contribution in [0.1, 0.15) is 0 Å². The molecule has 2 radical (unpaired) electrons. The summed E-state index contributed by atoms with van der Waals surface area (Å²) in [5, 5.41) is 8.71. The smallest absolute Gasteiger partial charge is 0.256 e. The lowest BCUT2D eigenvalue weighted by Crippen LogP contribution is -2.32. The van der Waals surface area contributed by atoms with Gasteiger partial charge in [-0.3, -0.25) is 4.79 Å². The van der Waals surface area contributed by atoms with Gasteiger partial charge in [-0.1, -0.05) is 0 Å². The van der Waals surface area contributed by atoms with Gasteiger partial charge in [0.1, 0.15) is 0 Å². The molecule has 1 rings (SSSR count). The van der Waals surface area contributed by atoms with Gasteiger partial charge in [-0.2, -0.15) is 0 Å². The second-order valence-corrected chi connectivity index (χ2v) is 1.87. The minimum atomic E-state index is -0.370. The zero-order valence-electron chi connectivity index (χ0n) is 5.40. The number of aromatic hydroxyl groups is 1. The molecule has 10 heavy (non-hydrogen) atoms. The highest BCUT2D eigenvalue weighted by molar-refractivity contribution is 6.29. The van der Waals surface area contributed by atoms with E-state index in [1.807, 2.05) is 0 Å². The molecule has 4 nitrogen and oxygen atoms in total. The Labute approximate surface area is 58.6 Å². The molecule has 0 fully saturated rings. The Hall–Kier alpha value is -1.26. The highest BCUT2D eigenvalue weighted by atomic mass is 16.3. The Morgan fingerprint density at radius 3 is 2.90 bits per heavy atom. The van der Waals surface area contributed by atoms with E-state index in [1.54, 1.807) is 0 Å². The summed E-state index contributed by atoms with van der Waals surface area (Å²) in [6.45, 7) is 0. The van der Waals surface area contributed by atoms with E-state index in [0.717, 1.165) is 10.6 Å². The molecule has 0 bridgehead atoms. The molecule has 0 saturated carbocycles. The molecule has 0 unspecified atom stereocenters. The Bertz CT molecular complexity index is 307. The van der Waals surface area contributed by atoms with E-state index in [4.69, 9.17) is 13.0 Å². The maximum atomic E-state index is 10.7. The minimum Gasteiger partial charge on any atom is -0.493 e. The summed E-state index contributed by atoms with van der Waals surface area (Å²) in [7, 11) is 6.69. The van der Waals surface area contributed by atoms with Crippen molar-refractivity contribution in [3.8, 4) is 5.88 Å². The standard InChI is InChI=1S/C5H5BN2O2/c1-8-4(10)2-3(9)7-5(8)6/h2,9H,1H3. The van der Waals surface area contributed by atoms with Crippen LogP contribution in [0.25, 0.3) is 0 Å². The van der Waals surface area contributed by atoms with Gasteiger partial charge in [0, 0.05) is 7.05 Å². The van der Waals surface area contributed by atoms with Crippen LogP contribution in [0.4, 0.5) is 0 Å². The third kappa shape index (κ3) is 1.02. The Kier molecular flexibility index (Phi) is 1.49. The maximum absolute atomic E-state index is 10.7. The largest absolute Gasteiger partial charge is 0.493 e. The van der Waals surface area contributed by atoms with Gasteiger partial charge in [0.25, 0.3) is 5.56 Å². The molecule has 1 N–H and O–H groups in total. The topological polar surface area (TPSA) is 55.1 Å². The van der Waals surface area contributed by atoms with E-state index < -0.39 is 0 Å². The van der Waals surface area contributed by atoms with Crippen LogP contribution in [0.3, 0.4) is 0 Å². The highest BCUT2D eigenvalue weighted by Crippen LogP contribution is 1.90. The van der Waals surface area contributed by atoms with E-state index in [-0.39, 0.29) is 17.2 Å². The third-order valence-corrected chi connectivity index (χ3v) is 1.16. The Morgan fingerprint density at radius 1 is 1.80 bits per heavy atom. The van der Waals surface area contributed by atoms with Crippen molar-refractivity contribution in [1.82, 2.24) is 9.55 Å². The summed E-state index contributed by atoms with van der Waals surface area (Å²) in [4.78, 5) is 14.2. The van der Waals surface area contributed by atoms with Crippen LogP contribution < -0.4 is 11.3 Å². The van der Waals surface area contributed by atoms with Gasteiger partial charge in [0.05, 0.1) is 11.8 Å². The van der Waals surface area contributed by atoms with Gasteiger partial charge >= 0.3 is 0 Å². The number of rotatable bonds is 0. The van der Waals surface area contributed by atoms with Crippen molar-refractivity contribution >= 4 is 13.6 Å². The lowest BCUT2D eigenvalue weighted by atomic mass is 10.1. The highest BCUT2D eigenvalue weighted by Gasteiger charge is 1.96. The predicted molar refractivity (Wildman–Crippen MR) is 36.5 cm³/mol. The molecule has 0 aromatic carbocycles. The van der Waals surface area contributed by atoms with Gasteiger partial charge in [0.2, 0.25) is 5.88 Å². The zero-order valence-corrected chi connectivity index (χ0v) is 5.40. The molecule has 1 aromatic heterocycles. The van der Waals surface area contributed by atoms with Crippen LogP contribution >= 0.6 is 0 Å². The molecule has 5 heteroatoms. The molecular formula is C5H5BN2O2. The molecular weight excluding hydrogens is 131 g/mol. The van der Waals surface area contributed by atoms with Crippen molar-refractivity contribution in [3.63, 3.8) is 0 Å². The van der Waals surface area contributed by atoms with Gasteiger partial charge in [-0.25, -0.2) is 4.98 Å². The molecule has 0 aliphatic heterocycles. The van der Waals surface area contributed by atoms with Crippen LogP contribution in [0.2, 0.25) is 0 Å². The first-order chi connectivity index (χ1) is 4.61. The first-order valence-corrected chi connectivity index (χ1v) is 2.64. The van der Waals surface area contributed by atoms with Crippen molar-refractivity contribution in [2.24, 2.45) is 7.05 Å². The number of hydrogen-bond acceptors (Lipinski definition) is 3. The third-order valence-electron chi connectivity index (χ3n) is 1.16. The normalized spacial score (nSPS) is 9.70. The first kappa shape index (κ1) is 6.86. The maximum Gasteiger partial charge on any atom is 0.256 e. The van der Waals surface area contributed by atoms with E-state index in [0.29, 0.717) is 0 Å². The summed E-state index contributed by atoms with van der Waals surface area (Å²) in [6, 6.07) is 0.996. The fourth-order valence-corrected chi connectivity index (χ4v) is 0.545. The fraction of sp³-hybridized carbons (Fsp3) is 0.200. The van der Waals surface area contributed by atoms with E-state index in [1.165, 1.54) is 7.05 Å². The molecule has 1 aromatic rings. The number of hydrogen-bond donors (Lipinski definition) is 1. The van der Waals surface area contributed by atoms with Gasteiger partial charge in [-0.05, 0) is 0 Å². The van der Waals surface area contributed by atoms with E-state index in [9.17, 15) is 4.79 Å². The van der Waals surface area contributed by atoms with Crippen LogP contribution in [-0.4, -0.2) is 22.5 Å². The SMILES string of the molecule is [B]c1nc(O)cc(=O)n1C. The Morgan fingerprint density at radius 2 is 2.40 bits per heavy atom. The average molecular weight is 136 g/mol. The van der Waals surface area contributed by atoms with Crippen molar-refractivity contribution < 1.29 is 5.11 Å². The lowest BCUT2D eigenvalue weighted by molar-refractivity contribution is 0.450. The zero-order chi connectivity index (χ0) is 7.72. The summed E-state index contributed by atoms with van der Waals surface area (Å²) in [5.74, 6) is -0.347. The molecule has 0 aliphatic carbocycles. The monoisotopic (exact) mass is 136 g/mol. The van der Waals surface area contributed by atoms with Crippen LogP contribution in [0.15, 0.2) is 10.9 Å². The molecule has 0 atom stereocenters. The second-order valence-electron chi connectivity index (χ2n) is 1.87. The van der Waals surface area contributed by atoms with Gasteiger partial charge in [-0.15, -0.1) is 0 Å². The average Bonchev–Trinajstić information content (AvgIpc) is 1.82. The summed E-state index contributed by atoms with van der Waals surface area (Å²) >= 11 is 0. The van der Waals surface area contributed by atoms with E-state index in [2.05, 4.69) is 4.98 Å². The molecule has 1 heterocycles. The lowest BCUT2D eigenvalue weighted by Gasteiger charge is -2.00. The molecule has 0 aliphatic rings. The van der Waals surface area contributed by atoms with E-state index >= 15 is 0 Å². The van der Waals surface area contributed by atoms with Gasteiger partial charge < -0.3 is 9.67 Å². The number of aromatic nitrogens is 2. The molecule has 0 amide bonds. The molecule has 0 saturated heterocycles. The molecule has 50 valence electrons. The van der Waals surface area contributed by atoms with Crippen molar-refractivity contribution in [1.29, 1.82) is 0 Å². The fourth-order valence-electron chi connectivity index (χ4n) is 0.545. The molecule has 0 spiro atoms. The summed E-state index contributed by atoms with van der Waals surface area (Å²) in [6.07, 6.45) is 0. The second kappa shape index (κ2) is 2.17. The Balaban J connectivity index is 3.46. The minimum absolute atomic E-state index is 0.00463. The van der Waals surface area contributed by atoms with Crippen LogP contribution in [-0.2, 0) is 7.05 Å². The van der Waals surface area contributed by atoms with Crippen molar-refractivity contribution in [2.45, 2.75) is 0 Å².